The molecule has 1 heterocycles. The van der Waals surface area contributed by atoms with E-state index in [1.54, 1.807) is 4.31 Å². The van der Waals surface area contributed by atoms with E-state index in [9.17, 15) is 13.2 Å². The lowest BCUT2D eigenvalue weighted by Gasteiger charge is -2.29. The van der Waals surface area contributed by atoms with E-state index < -0.39 is 16.0 Å². The number of carbonyl (C=O) groups is 1. The molecule has 5 nitrogen and oxygen atoms in total. The van der Waals surface area contributed by atoms with E-state index in [1.165, 1.54) is 11.4 Å². The van der Waals surface area contributed by atoms with E-state index >= 15 is 0 Å². The lowest BCUT2D eigenvalue weighted by atomic mass is 10.2. The first-order valence-electron chi connectivity index (χ1n) is 7.16. The highest BCUT2D eigenvalue weighted by atomic mass is 32.2. The molecule has 0 aromatic carbocycles. The zero-order valence-corrected chi connectivity index (χ0v) is 13.9. The summed E-state index contributed by atoms with van der Waals surface area (Å²) in [6.45, 7) is 4.47. The number of aromatic carboxylic acids is 1. The quantitative estimate of drug-likeness (QED) is 0.869. The highest BCUT2D eigenvalue weighted by molar-refractivity contribution is 7.91. The van der Waals surface area contributed by atoms with Crippen molar-refractivity contribution in [3.05, 3.63) is 17.0 Å². The van der Waals surface area contributed by atoms with Crippen LogP contribution in [0.15, 0.2) is 15.7 Å². The van der Waals surface area contributed by atoms with Gasteiger partial charge in [0.15, 0.2) is 0 Å². The van der Waals surface area contributed by atoms with Crippen molar-refractivity contribution in [2.45, 2.75) is 49.8 Å². The second kappa shape index (κ2) is 6.46. The lowest BCUT2D eigenvalue weighted by molar-refractivity contribution is 0.0697. The molecule has 0 aliphatic heterocycles. The number of hydrogen-bond acceptors (Lipinski definition) is 4. The third-order valence-electron chi connectivity index (χ3n) is 3.66. The van der Waals surface area contributed by atoms with Gasteiger partial charge in [-0.2, -0.15) is 4.31 Å². The molecule has 1 aromatic rings. The van der Waals surface area contributed by atoms with Crippen LogP contribution < -0.4 is 0 Å². The Labute approximate surface area is 129 Å². The average molecular weight is 331 g/mol. The van der Waals surface area contributed by atoms with Crippen LogP contribution in [0.25, 0.3) is 0 Å². The SMILES string of the molecule is CC(C)CN(C1CCCC1)S(=O)(=O)c1cc(C(=O)O)cs1. The fraction of sp³-hybridized carbons (Fsp3) is 0.643. The van der Waals surface area contributed by atoms with Gasteiger partial charge in [-0.3, -0.25) is 0 Å². The minimum absolute atomic E-state index is 0.0366. The van der Waals surface area contributed by atoms with Crippen LogP contribution in [0, 0.1) is 5.92 Å². The molecule has 0 unspecified atom stereocenters. The monoisotopic (exact) mass is 331 g/mol. The van der Waals surface area contributed by atoms with Crippen molar-refractivity contribution in [2.24, 2.45) is 5.92 Å². The fourth-order valence-electron chi connectivity index (χ4n) is 2.68. The molecule has 0 amide bonds. The molecule has 0 spiro atoms. The third kappa shape index (κ3) is 3.64. The van der Waals surface area contributed by atoms with Crippen molar-refractivity contribution >= 4 is 27.3 Å². The first-order valence-corrected chi connectivity index (χ1v) is 9.48. The molecule has 1 aliphatic carbocycles. The molecule has 0 bridgehead atoms. The average Bonchev–Trinajstić information content (AvgIpc) is 3.06. The van der Waals surface area contributed by atoms with Gasteiger partial charge in [0.2, 0.25) is 0 Å². The summed E-state index contributed by atoms with van der Waals surface area (Å²) in [6, 6.07) is 1.32. The molecular weight excluding hydrogens is 310 g/mol. The predicted octanol–water partition coefficient (Wildman–Crippen LogP) is 3.04. The van der Waals surface area contributed by atoms with Crippen LogP contribution >= 0.6 is 11.3 Å². The topological polar surface area (TPSA) is 74.7 Å². The fourth-order valence-corrected chi connectivity index (χ4v) is 5.80. The molecule has 1 fully saturated rings. The first kappa shape index (κ1) is 16.5. The summed E-state index contributed by atoms with van der Waals surface area (Å²) in [5.74, 6) is -0.858. The van der Waals surface area contributed by atoms with Crippen molar-refractivity contribution in [1.82, 2.24) is 4.31 Å². The molecule has 118 valence electrons. The summed E-state index contributed by atoms with van der Waals surface area (Å²) in [5.41, 5.74) is 0.0366. The Hall–Kier alpha value is -0.920. The van der Waals surface area contributed by atoms with Gasteiger partial charge in [-0.1, -0.05) is 26.7 Å². The molecule has 0 atom stereocenters. The summed E-state index contributed by atoms with van der Waals surface area (Å²) < 4.78 is 27.4. The molecule has 1 aliphatic rings. The van der Waals surface area contributed by atoms with Gasteiger partial charge < -0.3 is 5.11 Å². The number of rotatable bonds is 6. The van der Waals surface area contributed by atoms with Crippen LogP contribution in [0.4, 0.5) is 0 Å². The number of hydrogen-bond donors (Lipinski definition) is 1. The van der Waals surface area contributed by atoms with Crippen LogP contribution in [0.2, 0.25) is 0 Å². The lowest BCUT2D eigenvalue weighted by Crippen LogP contribution is -2.40. The number of carboxylic acids is 1. The predicted molar refractivity (Wildman–Crippen MR) is 82.3 cm³/mol. The molecular formula is C14H21NO4S2. The zero-order valence-electron chi connectivity index (χ0n) is 12.3. The van der Waals surface area contributed by atoms with Gasteiger partial charge in [0.25, 0.3) is 10.0 Å². The highest BCUT2D eigenvalue weighted by Crippen LogP contribution is 2.31. The molecule has 1 saturated carbocycles. The summed E-state index contributed by atoms with van der Waals surface area (Å²) in [4.78, 5) is 10.9. The van der Waals surface area contributed by atoms with E-state index in [0.717, 1.165) is 37.0 Å². The van der Waals surface area contributed by atoms with Crippen LogP contribution in [-0.4, -0.2) is 36.4 Å². The van der Waals surface area contributed by atoms with Crippen molar-refractivity contribution in [2.75, 3.05) is 6.54 Å². The van der Waals surface area contributed by atoms with Crippen LogP contribution in [0.3, 0.4) is 0 Å². The van der Waals surface area contributed by atoms with Crippen molar-refractivity contribution in [1.29, 1.82) is 0 Å². The van der Waals surface area contributed by atoms with Gasteiger partial charge >= 0.3 is 5.97 Å². The van der Waals surface area contributed by atoms with Gasteiger partial charge in [-0.15, -0.1) is 11.3 Å². The smallest absolute Gasteiger partial charge is 0.336 e. The second-order valence-electron chi connectivity index (χ2n) is 5.87. The maximum Gasteiger partial charge on any atom is 0.336 e. The summed E-state index contributed by atoms with van der Waals surface area (Å²) >= 11 is 0.989. The summed E-state index contributed by atoms with van der Waals surface area (Å²) in [5, 5.41) is 10.3. The molecule has 2 rings (SSSR count). The molecule has 7 heteroatoms. The number of nitrogens with zero attached hydrogens (tertiary/aromatic N) is 1. The maximum atomic E-state index is 12.8. The summed E-state index contributed by atoms with van der Waals surface area (Å²) in [6.07, 6.45) is 3.89. The minimum atomic E-state index is -3.60. The van der Waals surface area contributed by atoms with Crippen molar-refractivity contribution < 1.29 is 18.3 Å². The van der Waals surface area contributed by atoms with Gasteiger partial charge in [0.1, 0.15) is 4.21 Å². The Morgan fingerprint density at radius 1 is 1.43 bits per heavy atom. The van der Waals surface area contributed by atoms with Crippen LogP contribution in [0.5, 0.6) is 0 Å². The number of carboxylic acid groups (broad SMARTS) is 1. The van der Waals surface area contributed by atoms with Gasteiger partial charge in [0, 0.05) is 18.0 Å². The minimum Gasteiger partial charge on any atom is -0.478 e. The Kier molecular flexibility index (Phi) is 5.06. The van der Waals surface area contributed by atoms with E-state index in [1.807, 2.05) is 13.8 Å². The van der Waals surface area contributed by atoms with E-state index in [-0.39, 0.29) is 21.7 Å². The summed E-state index contributed by atoms with van der Waals surface area (Å²) in [7, 11) is -3.60. The maximum absolute atomic E-state index is 12.8. The molecule has 1 aromatic heterocycles. The molecule has 0 saturated heterocycles. The Morgan fingerprint density at radius 3 is 2.52 bits per heavy atom. The van der Waals surface area contributed by atoms with E-state index in [0.29, 0.717) is 6.54 Å². The van der Waals surface area contributed by atoms with Crippen LogP contribution in [0.1, 0.15) is 49.9 Å². The van der Waals surface area contributed by atoms with Gasteiger partial charge in [-0.25, -0.2) is 13.2 Å². The normalized spacial score (nSPS) is 17.0. The molecule has 1 N–H and O–H groups in total. The number of sulfonamides is 1. The highest BCUT2D eigenvalue weighted by Gasteiger charge is 2.34. The Morgan fingerprint density at radius 2 is 2.05 bits per heavy atom. The standard InChI is InChI=1S/C14H21NO4S2/c1-10(2)8-15(12-5-3-4-6-12)21(18,19)13-7-11(9-20-13)14(16)17/h7,9-10,12H,3-6,8H2,1-2H3,(H,16,17). The van der Waals surface area contributed by atoms with Gasteiger partial charge in [0.05, 0.1) is 5.56 Å². The third-order valence-corrected chi connectivity index (χ3v) is 7.00. The number of thiophene rings is 1. The van der Waals surface area contributed by atoms with Crippen LogP contribution in [-0.2, 0) is 10.0 Å². The zero-order chi connectivity index (χ0) is 15.6. The van der Waals surface area contributed by atoms with Gasteiger partial charge in [-0.05, 0) is 24.8 Å². The largest absolute Gasteiger partial charge is 0.478 e. The van der Waals surface area contributed by atoms with E-state index in [2.05, 4.69) is 0 Å². The Balaban J connectivity index is 2.33. The van der Waals surface area contributed by atoms with E-state index in [4.69, 9.17) is 5.11 Å². The van der Waals surface area contributed by atoms with Crippen molar-refractivity contribution in [3.8, 4) is 0 Å². The second-order valence-corrected chi connectivity index (χ2v) is 8.90. The molecule has 21 heavy (non-hydrogen) atoms. The van der Waals surface area contributed by atoms with Crippen molar-refractivity contribution in [3.63, 3.8) is 0 Å². The Bertz CT molecular complexity index is 600. The first-order chi connectivity index (χ1) is 9.82. The molecule has 0 radical (unpaired) electrons.